The number of benzene rings is 1. The van der Waals surface area contributed by atoms with Crippen molar-refractivity contribution in [3.05, 3.63) is 59.7 Å². The van der Waals surface area contributed by atoms with Gasteiger partial charge >= 0.3 is 12.4 Å². The van der Waals surface area contributed by atoms with Crippen LogP contribution in [0.3, 0.4) is 0 Å². The minimum absolute atomic E-state index is 0.0125. The molecule has 0 radical (unpaired) electrons. The van der Waals surface area contributed by atoms with Crippen LogP contribution in [0.15, 0.2) is 42.7 Å². The molecule has 29 heavy (non-hydrogen) atoms. The number of aliphatic hydroxyl groups excluding tert-OH is 1. The van der Waals surface area contributed by atoms with Crippen LogP contribution in [0.5, 0.6) is 0 Å². The Hall–Kier alpha value is -3.08. The van der Waals surface area contributed by atoms with Crippen LogP contribution in [-0.4, -0.2) is 19.6 Å². The summed E-state index contributed by atoms with van der Waals surface area (Å²) in [6.07, 6.45) is -10.1. The van der Waals surface area contributed by atoms with Crippen LogP contribution in [0, 0.1) is 0 Å². The number of rotatable bonds is 1. The lowest BCUT2D eigenvalue weighted by Crippen LogP contribution is -2.31. The van der Waals surface area contributed by atoms with E-state index in [0.717, 1.165) is 35.2 Å². The fourth-order valence-corrected chi connectivity index (χ4v) is 3.35. The topological polar surface area (TPSA) is 54.2 Å². The minimum atomic E-state index is -4.82. The van der Waals surface area contributed by atoms with Crippen molar-refractivity contribution in [2.24, 2.45) is 7.05 Å². The lowest BCUT2D eigenvalue weighted by molar-refractivity contribution is -0.141. The van der Waals surface area contributed by atoms with Crippen molar-refractivity contribution in [3.8, 4) is 11.3 Å². The van der Waals surface area contributed by atoms with Crippen molar-refractivity contribution in [2.45, 2.75) is 18.6 Å². The molecule has 1 atom stereocenters. The molecule has 0 amide bonds. The summed E-state index contributed by atoms with van der Waals surface area (Å²) in [7, 11) is 1.55. The van der Waals surface area contributed by atoms with E-state index < -0.39 is 41.3 Å². The number of hydrogen-bond acceptors (Lipinski definition) is 4. The Morgan fingerprint density at radius 1 is 0.966 bits per heavy atom. The summed E-state index contributed by atoms with van der Waals surface area (Å²) in [4.78, 5) is 8.31. The van der Waals surface area contributed by atoms with Crippen molar-refractivity contribution >= 4 is 11.5 Å². The van der Waals surface area contributed by atoms with E-state index in [2.05, 4.69) is 9.97 Å². The van der Waals surface area contributed by atoms with Crippen molar-refractivity contribution in [1.29, 1.82) is 0 Å². The van der Waals surface area contributed by atoms with Gasteiger partial charge in [-0.2, -0.15) is 26.3 Å². The average Bonchev–Trinajstić information content (AvgIpc) is 3.02. The lowest BCUT2D eigenvalue weighted by atomic mass is 10.0. The molecule has 3 heterocycles. The molecule has 0 fully saturated rings. The normalized spacial score (nSPS) is 16.6. The molecular formula is C18H12F6N4O. The molecule has 11 heteroatoms. The van der Waals surface area contributed by atoms with Gasteiger partial charge in [-0.1, -0.05) is 12.1 Å². The van der Waals surface area contributed by atoms with Gasteiger partial charge in [0.2, 0.25) is 0 Å². The highest BCUT2D eigenvalue weighted by Crippen LogP contribution is 2.49. The molecule has 5 nitrogen and oxygen atoms in total. The van der Waals surface area contributed by atoms with E-state index in [0.29, 0.717) is 0 Å². The zero-order chi connectivity index (χ0) is 21.1. The summed E-state index contributed by atoms with van der Waals surface area (Å²) < 4.78 is 81.8. The van der Waals surface area contributed by atoms with E-state index in [1.54, 1.807) is 7.05 Å². The van der Waals surface area contributed by atoms with E-state index in [9.17, 15) is 31.4 Å². The first-order valence-corrected chi connectivity index (χ1v) is 8.23. The van der Waals surface area contributed by atoms with Crippen LogP contribution in [0.1, 0.15) is 23.2 Å². The first kappa shape index (κ1) is 19.2. The SMILES string of the molecule is Cn1cnc2c1-c1ccc(C(F)(F)F)nc1N(c1ccccc1C(F)(F)F)C2O. The number of alkyl halides is 6. The largest absolute Gasteiger partial charge is 0.433 e. The minimum Gasteiger partial charge on any atom is -0.368 e. The second-order valence-corrected chi connectivity index (χ2v) is 6.41. The molecule has 1 unspecified atom stereocenters. The molecule has 0 bridgehead atoms. The highest BCUT2D eigenvalue weighted by atomic mass is 19.4. The number of aromatic nitrogens is 3. The lowest BCUT2D eigenvalue weighted by Gasteiger charge is -2.35. The van der Waals surface area contributed by atoms with Gasteiger partial charge in [0.25, 0.3) is 0 Å². The fraction of sp³-hybridized carbons (Fsp3) is 0.222. The molecule has 0 saturated heterocycles. The van der Waals surface area contributed by atoms with Gasteiger partial charge in [0.05, 0.1) is 23.3 Å². The zero-order valence-corrected chi connectivity index (χ0v) is 14.6. The third-order valence-corrected chi connectivity index (χ3v) is 4.57. The van der Waals surface area contributed by atoms with Gasteiger partial charge in [0.15, 0.2) is 6.23 Å². The molecule has 1 aliphatic rings. The van der Waals surface area contributed by atoms with Gasteiger partial charge in [-0.3, -0.25) is 4.90 Å². The van der Waals surface area contributed by atoms with E-state index >= 15 is 0 Å². The number of halogens is 6. The number of para-hydroxylation sites is 1. The predicted octanol–water partition coefficient (Wildman–Crippen LogP) is 4.66. The van der Waals surface area contributed by atoms with Crippen molar-refractivity contribution in [1.82, 2.24) is 14.5 Å². The summed E-state index contributed by atoms with van der Waals surface area (Å²) in [6, 6.07) is 6.13. The molecule has 152 valence electrons. The Balaban J connectivity index is 2.03. The van der Waals surface area contributed by atoms with Crippen LogP contribution in [0.25, 0.3) is 11.3 Å². The smallest absolute Gasteiger partial charge is 0.368 e. The summed E-state index contributed by atoms with van der Waals surface area (Å²) in [5.41, 5.74) is -2.53. The standard InChI is InChI=1S/C18H12F6N4O/c1-27-8-25-13-14(27)9-6-7-12(18(22,23)24)26-15(9)28(16(13)29)11-5-3-2-4-10(11)17(19,20)21/h2-8,16,29H,1H3. The molecular weight excluding hydrogens is 402 g/mol. The van der Waals surface area contributed by atoms with Crippen LogP contribution < -0.4 is 4.90 Å². The number of aryl methyl sites for hydroxylation is 1. The van der Waals surface area contributed by atoms with E-state index in [4.69, 9.17) is 0 Å². The average molecular weight is 414 g/mol. The van der Waals surface area contributed by atoms with Gasteiger partial charge in [-0.25, -0.2) is 9.97 Å². The first-order valence-electron chi connectivity index (χ1n) is 8.23. The summed E-state index contributed by atoms with van der Waals surface area (Å²) in [5, 5.41) is 10.8. The third kappa shape index (κ3) is 3.01. The zero-order valence-electron chi connectivity index (χ0n) is 14.6. The monoisotopic (exact) mass is 414 g/mol. The maximum atomic E-state index is 13.5. The van der Waals surface area contributed by atoms with E-state index in [1.807, 2.05) is 0 Å². The Bertz CT molecular complexity index is 1090. The van der Waals surface area contributed by atoms with Crippen LogP contribution in [-0.2, 0) is 19.4 Å². The highest BCUT2D eigenvalue weighted by molar-refractivity contribution is 5.84. The number of hydrogen-bond donors (Lipinski definition) is 1. The van der Waals surface area contributed by atoms with Gasteiger partial charge in [0, 0.05) is 12.6 Å². The molecule has 1 N–H and O–H groups in total. The first-order chi connectivity index (χ1) is 13.5. The number of aliphatic hydroxyl groups is 1. The Morgan fingerprint density at radius 2 is 1.66 bits per heavy atom. The maximum Gasteiger partial charge on any atom is 0.433 e. The molecule has 0 aliphatic carbocycles. The fourth-order valence-electron chi connectivity index (χ4n) is 3.35. The summed E-state index contributed by atoms with van der Waals surface area (Å²) in [5.74, 6) is -0.444. The molecule has 3 aromatic rings. The number of nitrogens with zero attached hydrogens (tertiary/aromatic N) is 4. The van der Waals surface area contributed by atoms with Crippen LogP contribution in [0.4, 0.5) is 37.8 Å². The Kier molecular flexibility index (Phi) is 4.12. The number of pyridine rings is 1. The molecule has 1 aliphatic heterocycles. The van der Waals surface area contributed by atoms with Gasteiger partial charge in [-0.15, -0.1) is 0 Å². The second-order valence-electron chi connectivity index (χ2n) is 6.41. The molecule has 0 spiro atoms. The molecule has 4 rings (SSSR count). The number of imidazole rings is 1. The Labute approximate surface area is 159 Å². The van der Waals surface area contributed by atoms with Crippen LogP contribution in [0.2, 0.25) is 0 Å². The van der Waals surface area contributed by atoms with E-state index in [1.165, 1.54) is 17.0 Å². The highest BCUT2D eigenvalue weighted by Gasteiger charge is 2.42. The predicted molar refractivity (Wildman–Crippen MR) is 90.0 cm³/mol. The molecule has 1 aromatic carbocycles. The summed E-state index contributed by atoms with van der Waals surface area (Å²) in [6.45, 7) is 0. The quantitative estimate of drug-likeness (QED) is 0.589. The number of anilines is 2. The van der Waals surface area contributed by atoms with E-state index in [-0.39, 0.29) is 17.0 Å². The summed E-state index contributed by atoms with van der Waals surface area (Å²) >= 11 is 0. The number of fused-ring (bicyclic) bond motifs is 3. The third-order valence-electron chi connectivity index (χ3n) is 4.57. The van der Waals surface area contributed by atoms with Gasteiger partial charge in [-0.05, 0) is 24.3 Å². The van der Waals surface area contributed by atoms with Crippen LogP contribution >= 0.6 is 0 Å². The Morgan fingerprint density at radius 3 is 2.31 bits per heavy atom. The van der Waals surface area contributed by atoms with Gasteiger partial charge in [0.1, 0.15) is 17.2 Å². The van der Waals surface area contributed by atoms with Crippen molar-refractivity contribution < 1.29 is 31.4 Å². The van der Waals surface area contributed by atoms with Crippen molar-refractivity contribution in [3.63, 3.8) is 0 Å². The molecule has 0 saturated carbocycles. The molecule has 2 aromatic heterocycles. The van der Waals surface area contributed by atoms with Gasteiger partial charge < -0.3 is 9.67 Å². The second kappa shape index (κ2) is 6.21. The van der Waals surface area contributed by atoms with Crippen molar-refractivity contribution in [2.75, 3.05) is 4.90 Å². The maximum absolute atomic E-state index is 13.5.